The van der Waals surface area contributed by atoms with Crippen molar-refractivity contribution in [3.8, 4) is 0 Å². The van der Waals surface area contributed by atoms with Gasteiger partial charge in [-0.1, -0.05) is 174 Å². The topological polar surface area (TPSA) is 78.8 Å². The minimum atomic E-state index is -1.08. The maximum absolute atomic E-state index is 12.4. The van der Waals surface area contributed by atoms with Crippen LogP contribution in [0.25, 0.3) is 0 Å². The molecule has 0 aliphatic heterocycles. The third-order valence-electron chi connectivity index (χ3n) is 8.54. The van der Waals surface area contributed by atoms with Crippen LogP contribution in [0.4, 0.5) is 0 Å². The average molecular weight is 584 g/mol. The van der Waals surface area contributed by atoms with E-state index in [4.69, 9.17) is 4.74 Å². The molecule has 41 heavy (non-hydrogen) atoms. The van der Waals surface area contributed by atoms with Crippen LogP contribution in [0.2, 0.25) is 0 Å². The molecule has 246 valence electrons. The van der Waals surface area contributed by atoms with Crippen LogP contribution in [0.3, 0.4) is 0 Å². The number of amides is 1. The SMILES string of the molecule is CCCCCCCCCCCCCCCCCCOCC(CO)(CO)NC(=O)CCCCCCCCCCCCC. The number of nitrogens with one attached hydrogen (secondary N) is 1. The Morgan fingerprint density at radius 3 is 1.17 bits per heavy atom. The lowest BCUT2D eigenvalue weighted by Gasteiger charge is -2.30. The van der Waals surface area contributed by atoms with Gasteiger partial charge >= 0.3 is 0 Å². The molecule has 0 radical (unpaired) electrons. The van der Waals surface area contributed by atoms with Crippen molar-refractivity contribution in [1.29, 1.82) is 0 Å². The Bertz CT molecular complexity index is 524. The fourth-order valence-corrected chi connectivity index (χ4v) is 5.58. The molecular formula is C36H73NO4. The molecule has 5 heteroatoms. The zero-order chi connectivity index (χ0) is 30.1. The molecule has 0 bridgehead atoms. The van der Waals surface area contributed by atoms with Crippen molar-refractivity contribution in [3.05, 3.63) is 0 Å². The van der Waals surface area contributed by atoms with Crippen molar-refractivity contribution in [2.75, 3.05) is 26.4 Å². The lowest BCUT2D eigenvalue weighted by Crippen LogP contribution is -2.57. The minimum absolute atomic E-state index is 0.102. The quantitative estimate of drug-likeness (QED) is 0.0659. The van der Waals surface area contributed by atoms with Crippen LogP contribution >= 0.6 is 0 Å². The highest BCUT2D eigenvalue weighted by molar-refractivity contribution is 5.76. The molecule has 0 rings (SSSR count). The average Bonchev–Trinajstić information content (AvgIpc) is 2.98. The Balaban J connectivity index is 3.63. The van der Waals surface area contributed by atoms with E-state index < -0.39 is 5.54 Å². The molecule has 0 heterocycles. The molecule has 0 aliphatic rings. The normalized spacial score (nSPS) is 11.8. The zero-order valence-corrected chi connectivity index (χ0v) is 27.8. The van der Waals surface area contributed by atoms with Crippen molar-refractivity contribution in [3.63, 3.8) is 0 Å². The van der Waals surface area contributed by atoms with E-state index in [1.54, 1.807) is 0 Å². The van der Waals surface area contributed by atoms with Gasteiger partial charge in [0.05, 0.1) is 19.8 Å². The third kappa shape index (κ3) is 27.9. The van der Waals surface area contributed by atoms with Gasteiger partial charge < -0.3 is 20.3 Å². The van der Waals surface area contributed by atoms with E-state index in [2.05, 4.69) is 19.2 Å². The first-order valence-corrected chi connectivity index (χ1v) is 18.2. The molecular weight excluding hydrogens is 510 g/mol. The van der Waals surface area contributed by atoms with Crippen molar-refractivity contribution >= 4 is 5.91 Å². The highest BCUT2D eigenvalue weighted by Gasteiger charge is 2.30. The molecule has 0 unspecified atom stereocenters. The molecule has 0 atom stereocenters. The van der Waals surface area contributed by atoms with Crippen LogP contribution in [-0.2, 0) is 9.53 Å². The van der Waals surface area contributed by atoms with E-state index in [0.29, 0.717) is 13.0 Å². The predicted octanol–water partition coefficient (Wildman–Crippen LogP) is 9.81. The first kappa shape index (κ1) is 40.4. The third-order valence-corrected chi connectivity index (χ3v) is 8.54. The second-order valence-corrected chi connectivity index (χ2v) is 12.8. The summed E-state index contributed by atoms with van der Waals surface area (Å²) in [5.74, 6) is -0.102. The van der Waals surface area contributed by atoms with E-state index >= 15 is 0 Å². The monoisotopic (exact) mass is 584 g/mol. The van der Waals surface area contributed by atoms with Crippen molar-refractivity contribution in [2.45, 2.75) is 199 Å². The highest BCUT2D eigenvalue weighted by atomic mass is 16.5. The largest absolute Gasteiger partial charge is 0.394 e. The maximum Gasteiger partial charge on any atom is 0.220 e. The number of hydrogen-bond donors (Lipinski definition) is 3. The van der Waals surface area contributed by atoms with Crippen molar-refractivity contribution < 1.29 is 19.7 Å². The van der Waals surface area contributed by atoms with Gasteiger partial charge in [0.15, 0.2) is 0 Å². The number of unbranched alkanes of at least 4 members (excludes halogenated alkanes) is 25. The van der Waals surface area contributed by atoms with Gasteiger partial charge in [0, 0.05) is 13.0 Å². The summed E-state index contributed by atoms with van der Waals surface area (Å²) in [6.07, 6.45) is 35.6. The highest BCUT2D eigenvalue weighted by Crippen LogP contribution is 2.15. The number of carbonyl (C=O) groups excluding carboxylic acids is 1. The molecule has 1 amide bonds. The fourth-order valence-electron chi connectivity index (χ4n) is 5.58. The molecule has 0 aromatic carbocycles. The summed E-state index contributed by atoms with van der Waals surface area (Å²) in [5, 5.41) is 22.6. The standard InChI is InChI=1S/C36H73NO4/c1-3-5-7-9-11-13-15-16-17-18-19-21-23-25-27-29-31-41-34-36(32-38,33-39)37-35(40)30-28-26-24-22-20-14-12-10-8-6-4-2/h38-39H,3-34H2,1-2H3,(H,37,40). The Kier molecular flexibility index (Phi) is 31.8. The second kappa shape index (κ2) is 32.3. The van der Waals surface area contributed by atoms with Gasteiger partial charge in [-0.05, 0) is 12.8 Å². The van der Waals surface area contributed by atoms with E-state index in [1.165, 1.54) is 148 Å². The van der Waals surface area contributed by atoms with E-state index in [0.717, 1.165) is 25.7 Å². The Labute approximate surface area is 256 Å². The molecule has 3 N–H and O–H groups in total. The number of hydrogen-bond acceptors (Lipinski definition) is 4. The second-order valence-electron chi connectivity index (χ2n) is 12.8. The number of aliphatic hydroxyl groups excluding tert-OH is 2. The van der Waals surface area contributed by atoms with Gasteiger partial charge in [0.2, 0.25) is 5.91 Å². The molecule has 0 fully saturated rings. The van der Waals surface area contributed by atoms with Gasteiger partial charge in [-0.25, -0.2) is 0 Å². The lowest BCUT2D eigenvalue weighted by atomic mass is 10.0. The van der Waals surface area contributed by atoms with Crippen LogP contribution in [0.1, 0.15) is 194 Å². The summed E-state index contributed by atoms with van der Waals surface area (Å²) in [6, 6.07) is 0. The lowest BCUT2D eigenvalue weighted by molar-refractivity contribution is -0.126. The van der Waals surface area contributed by atoms with Gasteiger partial charge in [-0.15, -0.1) is 0 Å². The minimum Gasteiger partial charge on any atom is -0.394 e. The van der Waals surface area contributed by atoms with Gasteiger partial charge in [0.25, 0.3) is 0 Å². The van der Waals surface area contributed by atoms with Crippen LogP contribution in [-0.4, -0.2) is 48.1 Å². The van der Waals surface area contributed by atoms with E-state index in [-0.39, 0.29) is 25.7 Å². The molecule has 0 spiro atoms. The van der Waals surface area contributed by atoms with Crippen LogP contribution in [0.5, 0.6) is 0 Å². The Morgan fingerprint density at radius 2 is 0.829 bits per heavy atom. The summed E-state index contributed by atoms with van der Waals surface area (Å²) in [5.41, 5.74) is -1.08. The van der Waals surface area contributed by atoms with Crippen molar-refractivity contribution in [1.82, 2.24) is 5.32 Å². The van der Waals surface area contributed by atoms with Gasteiger partial charge in [-0.3, -0.25) is 4.79 Å². The van der Waals surface area contributed by atoms with Crippen LogP contribution in [0, 0.1) is 0 Å². The smallest absolute Gasteiger partial charge is 0.220 e. The Hall–Kier alpha value is -0.650. The molecule has 0 aromatic heterocycles. The summed E-state index contributed by atoms with van der Waals surface area (Å²) in [4.78, 5) is 12.4. The number of rotatable bonds is 34. The number of ether oxygens (including phenoxy) is 1. The molecule has 0 aromatic rings. The summed E-state index contributed by atoms with van der Waals surface area (Å²) < 4.78 is 5.78. The summed E-state index contributed by atoms with van der Waals surface area (Å²) >= 11 is 0. The molecule has 5 nitrogen and oxygen atoms in total. The molecule has 0 saturated carbocycles. The van der Waals surface area contributed by atoms with Gasteiger partial charge in [0.1, 0.15) is 5.54 Å². The number of aliphatic hydroxyl groups is 2. The fraction of sp³-hybridized carbons (Fsp3) is 0.972. The first-order chi connectivity index (χ1) is 20.1. The maximum atomic E-state index is 12.4. The first-order valence-electron chi connectivity index (χ1n) is 18.2. The zero-order valence-electron chi connectivity index (χ0n) is 27.8. The van der Waals surface area contributed by atoms with E-state index in [9.17, 15) is 15.0 Å². The predicted molar refractivity (Wildman–Crippen MR) is 176 cm³/mol. The van der Waals surface area contributed by atoms with Crippen LogP contribution < -0.4 is 5.32 Å². The summed E-state index contributed by atoms with van der Waals surface area (Å²) in [7, 11) is 0. The summed E-state index contributed by atoms with van der Waals surface area (Å²) in [6.45, 7) is 4.67. The van der Waals surface area contributed by atoms with Gasteiger partial charge in [-0.2, -0.15) is 0 Å². The van der Waals surface area contributed by atoms with Crippen molar-refractivity contribution in [2.24, 2.45) is 0 Å². The Morgan fingerprint density at radius 1 is 0.512 bits per heavy atom. The van der Waals surface area contributed by atoms with Crippen LogP contribution in [0.15, 0.2) is 0 Å². The molecule has 0 saturated heterocycles. The number of carbonyl (C=O) groups is 1. The molecule has 0 aliphatic carbocycles. The van der Waals surface area contributed by atoms with E-state index in [1.807, 2.05) is 0 Å².